The third kappa shape index (κ3) is 3.13. The van der Waals surface area contributed by atoms with Crippen molar-refractivity contribution in [1.29, 1.82) is 0 Å². The van der Waals surface area contributed by atoms with Crippen molar-refractivity contribution in [2.24, 2.45) is 0 Å². The molecule has 1 saturated heterocycles. The first-order valence-electron chi connectivity index (χ1n) is 7.48. The Morgan fingerprint density at radius 3 is 2.95 bits per heavy atom. The SMILES string of the molecule is COC(=O)[C@H]1CCCCN1CC1COc2ccccc2O1. The minimum absolute atomic E-state index is 0.0508. The average molecular weight is 291 g/mol. The maximum Gasteiger partial charge on any atom is 0.323 e. The van der Waals surface area contributed by atoms with E-state index in [4.69, 9.17) is 14.2 Å². The predicted molar refractivity (Wildman–Crippen MR) is 77.6 cm³/mol. The van der Waals surface area contributed by atoms with Gasteiger partial charge in [0.1, 0.15) is 18.8 Å². The molecule has 0 aromatic heterocycles. The molecule has 2 atom stereocenters. The molecule has 0 aliphatic carbocycles. The standard InChI is InChI=1S/C16H21NO4/c1-19-16(18)13-6-4-5-9-17(13)10-12-11-20-14-7-2-3-8-15(14)21-12/h2-3,7-8,12-13H,4-6,9-11H2,1H3/t12?,13-/m1/s1. The van der Waals surface area contributed by atoms with Crippen molar-refractivity contribution in [3.63, 3.8) is 0 Å². The second-order valence-corrected chi connectivity index (χ2v) is 5.53. The van der Waals surface area contributed by atoms with Crippen LogP contribution in [0.25, 0.3) is 0 Å². The number of likely N-dealkylation sites (tertiary alicyclic amines) is 1. The van der Waals surface area contributed by atoms with Gasteiger partial charge in [0.25, 0.3) is 0 Å². The molecule has 5 heteroatoms. The lowest BCUT2D eigenvalue weighted by atomic mass is 10.0. The average Bonchev–Trinajstić information content (AvgIpc) is 2.54. The van der Waals surface area contributed by atoms with Crippen LogP contribution in [-0.2, 0) is 9.53 Å². The summed E-state index contributed by atoms with van der Waals surface area (Å²) in [4.78, 5) is 14.0. The van der Waals surface area contributed by atoms with E-state index in [1.165, 1.54) is 7.11 Å². The van der Waals surface area contributed by atoms with Crippen molar-refractivity contribution < 1.29 is 19.0 Å². The smallest absolute Gasteiger partial charge is 0.323 e. The Bertz CT molecular complexity index is 505. The molecule has 0 amide bonds. The molecule has 2 aliphatic heterocycles. The fourth-order valence-electron chi connectivity index (χ4n) is 3.03. The number of para-hydroxylation sites is 2. The lowest BCUT2D eigenvalue weighted by Crippen LogP contribution is -2.50. The summed E-state index contributed by atoms with van der Waals surface area (Å²) >= 11 is 0. The Morgan fingerprint density at radius 2 is 2.14 bits per heavy atom. The summed E-state index contributed by atoms with van der Waals surface area (Å²) in [5.74, 6) is 1.42. The van der Waals surface area contributed by atoms with Crippen LogP contribution in [-0.4, -0.2) is 49.8 Å². The van der Waals surface area contributed by atoms with Crippen LogP contribution in [0.1, 0.15) is 19.3 Å². The van der Waals surface area contributed by atoms with Gasteiger partial charge in [-0.3, -0.25) is 9.69 Å². The van der Waals surface area contributed by atoms with Crippen molar-refractivity contribution in [1.82, 2.24) is 4.90 Å². The van der Waals surface area contributed by atoms with Crippen molar-refractivity contribution in [2.75, 3.05) is 26.8 Å². The molecule has 0 saturated carbocycles. The highest BCUT2D eigenvalue weighted by Gasteiger charge is 2.32. The van der Waals surface area contributed by atoms with Crippen LogP contribution in [0.15, 0.2) is 24.3 Å². The van der Waals surface area contributed by atoms with Crippen molar-refractivity contribution in [2.45, 2.75) is 31.4 Å². The zero-order valence-electron chi connectivity index (χ0n) is 12.3. The second kappa shape index (κ2) is 6.35. The van der Waals surface area contributed by atoms with E-state index < -0.39 is 0 Å². The lowest BCUT2D eigenvalue weighted by molar-refractivity contribution is -0.149. The number of ether oxygens (including phenoxy) is 3. The Morgan fingerprint density at radius 1 is 1.33 bits per heavy atom. The van der Waals surface area contributed by atoms with E-state index in [0.29, 0.717) is 13.2 Å². The molecule has 2 heterocycles. The van der Waals surface area contributed by atoms with E-state index >= 15 is 0 Å². The number of piperidine rings is 1. The minimum atomic E-state index is -0.149. The lowest BCUT2D eigenvalue weighted by Gasteiger charge is -2.37. The van der Waals surface area contributed by atoms with E-state index in [2.05, 4.69) is 4.90 Å². The summed E-state index contributed by atoms with van der Waals surface area (Å²) < 4.78 is 16.6. The van der Waals surface area contributed by atoms with Crippen LogP contribution < -0.4 is 9.47 Å². The van der Waals surface area contributed by atoms with Gasteiger partial charge in [0.15, 0.2) is 11.5 Å². The summed E-state index contributed by atoms with van der Waals surface area (Å²) in [5.41, 5.74) is 0. The molecule has 0 bridgehead atoms. The summed E-state index contributed by atoms with van der Waals surface area (Å²) in [7, 11) is 1.45. The highest BCUT2D eigenvalue weighted by Crippen LogP contribution is 2.31. The number of hydrogen-bond donors (Lipinski definition) is 0. The van der Waals surface area contributed by atoms with Crippen LogP contribution in [0, 0.1) is 0 Å². The minimum Gasteiger partial charge on any atom is -0.486 e. The van der Waals surface area contributed by atoms with Gasteiger partial charge in [-0.25, -0.2) is 0 Å². The Hall–Kier alpha value is -1.75. The number of methoxy groups -OCH3 is 1. The molecular formula is C16H21NO4. The number of nitrogens with zero attached hydrogens (tertiary/aromatic N) is 1. The topological polar surface area (TPSA) is 48.0 Å². The maximum atomic E-state index is 11.9. The molecule has 0 radical (unpaired) electrons. The largest absolute Gasteiger partial charge is 0.486 e. The number of hydrogen-bond acceptors (Lipinski definition) is 5. The number of benzene rings is 1. The molecule has 0 N–H and O–H groups in total. The number of rotatable bonds is 3. The number of carbonyl (C=O) groups excluding carboxylic acids is 1. The fourth-order valence-corrected chi connectivity index (χ4v) is 3.03. The van der Waals surface area contributed by atoms with E-state index in [1.54, 1.807) is 0 Å². The first-order chi connectivity index (χ1) is 10.3. The molecule has 2 aliphatic rings. The molecular weight excluding hydrogens is 270 g/mol. The van der Waals surface area contributed by atoms with Gasteiger partial charge in [-0.05, 0) is 31.5 Å². The Kier molecular flexibility index (Phi) is 4.29. The third-order valence-electron chi connectivity index (χ3n) is 4.09. The van der Waals surface area contributed by atoms with Gasteiger partial charge >= 0.3 is 5.97 Å². The zero-order chi connectivity index (χ0) is 14.7. The van der Waals surface area contributed by atoms with Gasteiger partial charge < -0.3 is 14.2 Å². The van der Waals surface area contributed by atoms with Crippen LogP contribution in [0.4, 0.5) is 0 Å². The molecule has 114 valence electrons. The summed E-state index contributed by atoms with van der Waals surface area (Å²) in [6.07, 6.45) is 2.99. The van der Waals surface area contributed by atoms with E-state index in [0.717, 1.165) is 37.3 Å². The molecule has 1 unspecified atom stereocenters. The normalized spacial score (nSPS) is 25.4. The predicted octanol–water partition coefficient (Wildman–Crippen LogP) is 1.85. The van der Waals surface area contributed by atoms with Gasteiger partial charge in [0.2, 0.25) is 0 Å². The molecule has 1 aromatic carbocycles. The molecule has 0 spiro atoms. The maximum absolute atomic E-state index is 11.9. The van der Waals surface area contributed by atoms with Gasteiger partial charge in [-0.2, -0.15) is 0 Å². The molecule has 1 aromatic rings. The monoisotopic (exact) mass is 291 g/mol. The van der Waals surface area contributed by atoms with Crippen molar-refractivity contribution >= 4 is 5.97 Å². The summed E-state index contributed by atoms with van der Waals surface area (Å²) in [6, 6.07) is 7.53. The number of esters is 1. The van der Waals surface area contributed by atoms with Crippen molar-refractivity contribution in [3.8, 4) is 11.5 Å². The van der Waals surface area contributed by atoms with Crippen LogP contribution in [0.3, 0.4) is 0 Å². The van der Waals surface area contributed by atoms with Crippen LogP contribution in [0.5, 0.6) is 11.5 Å². The Balaban J connectivity index is 1.64. The fraction of sp³-hybridized carbons (Fsp3) is 0.562. The van der Waals surface area contributed by atoms with E-state index in [1.807, 2.05) is 24.3 Å². The highest BCUT2D eigenvalue weighted by molar-refractivity contribution is 5.75. The number of fused-ring (bicyclic) bond motifs is 1. The summed E-state index contributed by atoms with van der Waals surface area (Å²) in [6.45, 7) is 2.11. The first kappa shape index (κ1) is 14.2. The molecule has 1 fully saturated rings. The van der Waals surface area contributed by atoms with E-state index in [-0.39, 0.29) is 18.1 Å². The van der Waals surface area contributed by atoms with Gasteiger partial charge in [0, 0.05) is 6.54 Å². The van der Waals surface area contributed by atoms with E-state index in [9.17, 15) is 4.79 Å². The van der Waals surface area contributed by atoms with Gasteiger partial charge in [-0.1, -0.05) is 18.6 Å². The summed E-state index contributed by atoms with van der Waals surface area (Å²) in [5, 5.41) is 0. The second-order valence-electron chi connectivity index (χ2n) is 5.53. The number of carbonyl (C=O) groups is 1. The van der Waals surface area contributed by atoms with Gasteiger partial charge in [-0.15, -0.1) is 0 Å². The van der Waals surface area contributed by atoms with Crippen LogP contribution >= 0.6 is 0 Å². The zero-order valence-corrected chi connectivity index (χ0v) is 12.3. The molecule has 5 nitrogen and oxygen atoms in total. The third-order valence-corrected chi connectivity index (χ3v) is 4.09. The first-order valence-corrected chi connectivity index (χ1v) is 7.48. The highest BCUT2D eigenvalue weighted by atomic mass is 16.6. The quantitative estimate of drug-likeness (QED) is 0.796. The van der Waals surface area contributed by atoms with Crippen molar-refractivity contribution in [3.05, 3.63) is 24.3 Å². The molecule has 3 rings (SSSR count). The molecule has 21 heavy (non-hydrogen) atoms. The van der Waals surface area contributed by atoms with Crippen LogP contribution in [0.2, 0.25) is 0 Å². The van der Waals surface area contributed by atoms with Gasteiger partial charge in [0.05, 0.1) is 7.11 Å². The Labute approximate surface area is 124 Å².